The predicted molar refractivity (Wildman–Crippen MR) is 71.1 cm³/mol. The lowest BCUT2D eigenvalue weighted by Crippen LogP contribution is -1.97. The van der Waals surface area contributed by atoms with Crippen molar-refractivity contribution in [2.75, 3.05) is 0 Å². The molecule has 0 fully saturated rings. The van der Waals surface area contributed by atoms with Gasteiger partial charge in [-0.25, -0.2) is 4.98 Å². The van der Waals surface area contributed by atoms with Crippen LogP contribution in [-0.4, -0.2) is 9.55 Å². The van der Waals surface area contributed by atoms with Gasteiger partial charge in [-0.05, 0) is 32.0 Å². The van der Waals surface area contributed by atoms with E-state index in [9.17, 15) is 0 Å². The number of aromatic nitrogens is 2. The number of benzene rings is 1. The van der Waals surface area contributed by atoms with Crippen molar-refractivity contribution in [3.63, 3.8) is 0 Å². The first-order valence-electron chi connectivity index (χ1n) is 5.56. The van der Waals surface area contributed by atoms with Crippen LogP contribution in [0.5, 0.6) is 5.75 Å². The van der Waals surface area contributed by atoms with E-state index in [2.05, 4.69) is 39.3 Å². The molecular weight excluding hydrogens is 280 g/mol. The maximum absolute atomic E-state index is 5.66. The fourth-order valence-electron chi connectivity index (χ4n) is 1.45. The van der Waals surface area contributed by atoms with Gasteiger partial charge in [-0.2, -0.15) is 0 Å². The summed E-state index contributed by atoms with van der Waals surface area (Å²) < 4.78 is 8.75. The van der Waals surface area contributed by atoms with E-state index < -0.39 is 0 Å². The van der Waals surface area contributed by atoms with Gasteiger partial charge in [-0.3, -0.25) is 0 Å². The molecule has 0 atom stereocenters. The molecule has 1 aromatic heterocycles. The van der Waals surface area contributed by atoms with Crippen LogP contribution in [0.1, 0.15) is 25.6 Å². The fraction of sp³-hybridized carbons (Fsp3) is 0.308. The molecule has 1 aromatic carbocycles. The Labute approximate surface area is 110 Å². The first-order chi connectivity index (χ1) is 8.15. The van der Waals surface area contributed by atoms with Crippen molar-refractivity contribution in [3.05, 3.63) is 47.0 Å². The first-order valence-corrected chi connectivity index (χ1v) is 6.35. The van der Waals surface area contributed by atoms with Gasteiger partial charge in [-0.1, -0.05) is 22.0 Å². The third kappa shape index (κ3) is 3.33. The van der Waals surface area contributed by atoms with Crippen LogP contribution in [0.4, 0.5) is 0 Å². The van der Waals surface area contributed by atoms with Gasteiger partial charge in [0.05, 0.1) is 12.0 Å². The van der Waals surface area contributed by atoms with Crippen LogP contribution in [-0.2, 0) is 6.61 Å². The molecule has 90 valence electrons. The summed E-state index contributed by atoms with van der Waals surface area (Å²) in [5, 5.41) is 0. The molecule has 0 aliphatic carbocycles. The summed E-state index contributed by atoms with van der Waals surface area (Å²) in [5.41, 5.74) is 0.943. The Hall–Kier alpha value is -1.29. The molecule has 0 N–H and O–H groups in total. The zero-order valence-electron chi connectivity index (χ0n) is 9.93. The van der Waals surface area contributed by atoms with Crippen LogP contribution < -0.4 is 4.74 Å². The smallest absolute Gasteiger partial charge is 0.132 e. The molecule has 17 heavy (non-hydrogen) atoms. The van der Waals surface area contributed by atoms with E-state index in [0.29, 0.717) is 12.6 Å². The minimum Gasteiger partial charge on any atom is -0.487 e. The molecule has 1 heterocycles. The largest absolute Gasteiger partial charge is 0.487 e. The highest BCUT2D eigenvalue weighted by Crippen LogP contribution is 2.18. The van der Waals surface area contributed by atoms with Gasteiger partial charge in [0.15, 0.2) is 0 Å². The van der Waals surface area contributed by atoms with Crippen molar-refractivity contribution >= 4 is 15.9 Å². The van der Waals surface area contributed by atoms with E-state index in [1.165, 1.54) is 0 Å². The molecule has 3 nitrogen and oxygen atoms in total. The highest BCUT2D eigenvalue weighted by molar-refractivity contribution is 9.10. The quantitative estimate of drug-likeness (QED) is 0.857. The second-order valence-corrected chi connectivity index (χ2v) is 5.07. The molecule has 0 bridgehead atoms. The minimum absolute atomic E-state index is 0.433. The minimum atomic E-state index is 0.433. The summed E-state index contributed by atoms with van der Waals surface area (Å²) in [6.45, 7) is 4.75. The Kier molecular flexibility index (Phi) is 3.84. The summed E-state index contributed by atoms with van der Waals surface area (Å²) >= 11 is 3.41. The molecule has 0 radical (unpaired) electrons. The van der Waals surface area contributed by atoms with Crippen LogP contribution in [0.25, 0.3) is 0 Å². The Balaban J connectivity index is 1.97. The maximum Gasteiger partial charge on any atom is 0.132 e. The van der Waals surface area contributed by atoms with Crippen LogP contribution in [0.3, 0.4) is 0 Å². The molecule has 4 heteroatoms. The maximum atomic E-state index is 5.66. The molecule has 2 rings (SSSR count). The zero-order valence-corrected chi connectivity index (χ0v) is 11.5. The van der Waals surface area contributed by atoms with Gasteiger partial charge in [0.2, 0.25) is 0 Å². The van der Waals surface area contributed by atoms with Crippen LogP contribution >= 0.6 is 15.9 Å². The van der Waals surface area contributed by atoms with E-state index in [0.717, 1.165) is 15.9 Å². The molecular formula is C13H15BrN2O. The average Bonchev–Trinajstić information content (AvgIpc) is 2.75. The van der Waals surface area contributed by atoms with Gasteiger partial charge in [-0.15, -0.1) is 0 Å². The topological polar surface area (TPSA) is 27.1 Å². The van der Waals surface area contributed by atoms with Crippen molar-refractivity contribution in [3.8, 4) is 5.75 Å². The Morgan fingerprint density at radius 1 is 1.41 bits per heavy atom. The molecule has 0 aliphatic heterocycles. The Morgan fingerprint density at radius 3 is 2.88 bits per heavy atom. The van der Waals surface area contributed by atoms with E-state index in [1.54, 1.807) is 0 Å². The summed E-state index contributed by atoms with van der Waals surface area (Å²) in [5.74, 6) is 0.846. The summed E-state index contributed by atoms with van der Waals surface area (Å²) in [6.07, 6.45) is 3.85. The van der Waals surface area contributed by atoms with Crippen molar-refractivity contribution < 1.29 is 4.74 Å². The monoisotopic (exact) mass is 294 g/mol. The molecule has 0 spiro atoms. The van der Waals surface area contributed by atoms with E-state index in [4.69, 9.17) is 4.74 Å². The third-order valence-corrected chi connectivity index (χ3v) is 2.93. The number of halogens is 1. The second-order valence-electron chi connectivity index (χ2n) is 4.15. The number of rotatable bonds is 4. The lowest BCUT2D eigenvalue weighted by Gasteiger charge is -2.05. The summed E-state index contributed by atoms with van der Waals surface area (Å²) in [7, 11) is 0. The van der Waals surface area contributed by atoms with Crippen molar-refractivity contribution in [2.24, 2.45) is 0 Å². The van der Waals surface area contributed by atoms with E-state index in [-0.39, 0.29) is 0 Å². The summed E-state index contributed by atoms with van der Waals surface area (Å²) in [6, 6.07) is 8.23. The Bertz CT molecular complexity index is 494. The van der Waals surface area contributed by atoms with Gasteiger partial charge in [0.1, 0.15) is 12.4 Å². The Morgan fingerprint density at radius 2 is 2.24 bits per heavy atom. The number of hydrogen-bond acceptors (Lipinski definition) is 2. The number of nitrogens with zero attached hydrogens (tertiary/aromatic N) is 2. The van der Waals surface area contributed by atoms with Gasteiger partial charge in [0, 0.05) is 16.7 Å². The SMILES string of the molecule is CC(C)n1cnc(COc2cccc(Br)c2)c1. The molecule has 0 unspecified atom stereocenters. The predicted octanol–water partition coefficient (Wildman–Crippen LogP) is 3.81. The van der Waals surface area contributed by atoms with Crippen molar-refractivity contribution in [1.29, 1.82) is 0 Å². The van der Waals surface area contributed by atoms with Gasteiger partial charge < -0.3 is 9.30 Å². The van der Waals surface area contributed by atoms with Crippen molar-refractivity contribution in [2.45, 2.75) is 26.5 Å². The normalized spacial score (nSPS) is 10.8. The highest BCUT2D eigenvalue weighted by Gasteiger charge is 2.02. The lowest BCUT2D eigenvalue weighted by atomic mass is 10.3. The standard InChI is InChI=1S/C13H15BrN2O/c1-10(2)16-7-12(15-9-16)8-17-13-5-3-4-11(14)6-13/h3-7,9-10H,8H2,1-2H3. The van der Waals surface area contributed by atoms with Crippen LogP contribution in [0.2, 0.25) is 0 Å². The van der Waals surface area contributed by atoms with E-state index in [1.807, 2.05) is 36.8 Å². The number of ether oxygens (including phenoxy) is 1. The number of imidazole rings is 1. The van der Waals surface area contributed by atoms with Crippen LogP contribution in [0, 0.1) is 0 Å². The summed E-state index contributed by atoms with van der Waals surface area (Å²) in [4.78, 5) is 4.30. The van der Waals surface area contributed by atoms with E-state index >= 15 is 0 Å². The zero-order chi connectivity index (χ0) is 12.3. The van der Waals surface area contributed by atoms with Gasteiger partial charge in [0.25, 0.3) is 0 Å². The lowest BCUT2D eigenvalue weighted by molar-refractivity contribution is 0.301. The molecule has 0 aliphatic rings. The third-order valence-electron chi connectivity index (χ3n) is 2.43. The van der Waals surface area contributed by atoms with Gasteiger partial charge >= 0.3 is 0 Å². The molecule has 0 saturated heterocycles. The fourth-order valence-corrected chi connectivity index (χ4v) is 1.83. The highest BCUT2D eigenvalue weighted by atomic mass is 79.9. The second kappa shape index (κ2) is 5.36. The molecule has 2 aromatic rings. The first kappa shape index (κ1) is 12.2. The average molecular weight is 295 g/mol. The molecule has 0 saturated carbocycles. The van der Waals surface area contributed by atoms with Crippen LogP contribution in [0.15, 0.2) is 41.3 Å². The molecule has 0 amide bonds. The number of hydrogen-bond donors (Lipinski definition) is 0. The van der Waals surface area contributed by atoms with Crippen molar-refractivity contribution in [1.82, 2.24) is 9.55 Å².